The number of carbonyl (C=O) groups excluding carboxylic acids is 1. The number of rotatable bonds is 6. The molecule has 3 aromatic heterocycles. The second kappa shape index (κ2) is 8.32. The van der Waals surface area contributed by atoms with E-state index in [0.29, 0.717) is 23.2 Å². The zero-order chi connectivity index (χ0) is 21.4. The van der Waals surface area contributed by atoms with Crippen LogP contribution < -0.4 is 5.32 Å². The van der Waals surface area contributed by atoms with E-state index in [1.807, 2.05) is 41.9 Å². The van der Waals surface area contributed by atoms with Gasteiger partial charge < -0.3 is 5.32 Å². The Balaban J connectivity index is 1.52. The number of nitrogens with zero attached hydrogens (tertiary/aromatic N) is 4. The van der Waals surface area contributed by atoms with Crippen LogP contribution in [0.2, 0.25) is 5.02 Å². The summed E-state index contributed by atoms with van der Waals surface area (Å²) in [4.78, 5) is 22.4. The minimum absolute atomic E-state index is 0.0793. The molecule has 1 aliphatic carbocycles. The van der Waals surface area contributed by atoms with Crippen LogP contribution in [-0.2, 0) is 0 Å². The van der Waals surface area contributed by atoms with E-state index in [-0.39, 0.29) is 5.91 Å². The van der Waals surface area contributed by atoms with Crippen LogP contribution in [0.25, 0.3) is 22.3 Å². The lowest BCUT2D eigenvalue weighted by Crippen LogP contribution is -2.22. The maximum atomic E-state index is 12.1. The number of benzene rings is 1. The number of hydrogen-bond donors (Lipinski definition) is 1. The van der Waals surface area contributed by atoms with E-state index in [4.69, 9.17) is 21.7 Å². The average molecular weight is 450 g/mol. The molecule has 1 aromatic carbocycles. The van der Waals surface area contributed by atoms with Gasteiger partial charge in [-0.15, -0.1) is 0 Å². The second-order valence-electron chi connectivity index (χ2n) is 7.43. The second-order valence-corrected chi connectivity index (χ2v) is 8.93. The lowest BCUT2D eigenvalue weighted by molar-refractivity contribution is 0.0956. The van der Waals surface area contributed by atoms with Crippen molar-refractivity contribution in [3.05, 3.63) is 65.4 Å². The number of carbonyl (C=O) groups is 1. The molecule has 1 fully saturated rings. The van der Waals surface area contributed by atoms with Gasteiger partial charge in [0.1, 0.15) is 10.7 Å². The summed E-state index contributed by atoms with van der Waals surface area (Å²) >= 11 is 7.67. The Morgan fingerprint density at radius 2 is 2.10 bits per heavy atom. The molecule has 0 unspecified atom stereocenters. The SMILES string of the molecule is CCNC(=O)c1ccc2nc(-c3nn(C4CC4)cc3Sc3cc(Cl)ccn3)ccc2c1. The van der Waals surface area contributed by atoms with Gasteiger partial charge in [0.05, 0.1) is 22.1 Å². The van der Waals surface area contributed by atoms with Gasteiger partial charge in [0, 0.05) is 34.9 Å². The first-order valence-electron chi connectivity index (χ1n) is 10.2. The molecule has 6 nitrogen and oxygen atoms in total. The number of hydrogen-bond acceptors (Lipinski definition) is 5. The van der Waals surface area contributed by atoms with Crippen LogP contribution in [0.3, 0.4) is 0 Å². The first kappa shape index (κ1) is 20.0. The van der Waals surface area contributed by atoms with Gasteiger partial charge in [-0.3, -0.25) is 9.48 Å². The largest absolute Gasteiger partial charge is 0.352 e. The van der Waals surface area contributed by atoms with Gasteiger partial charge in [0.15, 0.2) is 0 Å². The summed E-state index contributed by atoms with van der Waals surface area (Å²) in [7, 11) is 0. The molecule has 0 atom stereocenters. The van der Waals surface area contributed by atoms with Crippen LogP contribution >= 0.6 is 23.4 Å². The van der Waals surface area contributed by atoms with E-state index in [0.717, 1.165) is 45.1 Å². The zero-order valence-corrected chi connectivity index (χ0v) is 18.5. The Morgan fingerprint density at radius 1 is 1.23 bits per heavy atom. The van der Waals surface area contributed by atoms with Gasteiger partial charge in [0.25, 0.3) is 5.91 Å². The van der Waals surface area contributed by atoms with Crippen LogP contribution in [0.15, 0.2) is 64.8 Å². The molecule has 0 spiro atoms. The lowest BCUT2D eigenvalue weighted by Gasteiger charge is -2.06. The topological polar surface area (TPSA) is 72.7 Å². The molecule has 0 saturated heterocycles. The molecule has 1 saturated carbocycles. The van der Waals surface area contributed by atoms with E-state index in [1.165, 1.54) is 11.8 Å². The van der Waals surface area contributed by atoms with Crippen LogP contribution in [-0.4, -0.2) is 32.2 Å². The van der Waals surface area contributed by atoms with Crippen molar-refractivity contribution in [1.82, 2.24) is 25.1 Å². The first-order chi connectivity index (χ1) is 15.1. The fourth-order valence-corrected chi connectivity index (χ4v) is 4.52. The summed E-state index contributed by atoms with van der Waals surface area (Å²) in [5, 5.41) is 10.1. The Labute approximate surface area is 189 Å². The van der Waals surface area contributed by atoms with E-state index in [9.17, 15) is 4.79 Å². The number of fused-ring (bicyclic) bond motifs is 1. The Kier molecular flexibility index (Phi) is 5.38. The standard InChI is InChI=1S/C23H20ClN5OS/c1-2-25-23(30)15-4-7-18-14(11-15)3-8-19(27-18)22-20(13-29(28-22)17-5-6-17)31-21-12-16(24)9-10-26-21/h3-4,7-13,17H,2,5-6H2,1H3,(H,25,30). The minimum Gasteiger partial charge on any atom is -0.352 e. The third-order valence-corrected chi connectivity index (χ3v) is 6.25. The molecule has 3 heterocycles. The quantitative estimate of drug-likeness (QED) is 0.427. The summed E-state index contributed by atoms with van der Waals surface area (Å²) in [5.41, 5.74) is 3.07. The molecule has 0 bridgehead atoms. The highest BCUT2D eigenvalue weighted by molar-refractivity contribution is 7.99. The van der Waals surface area contributed by atoms with Gasteiger partial charge >= 0.3 is 0 Å². The van der Waals surface area contributed by atoms with Crippen molar-refractivity contribution < 1.29 is 4.79 Å². The molecule has 1 amide bonds. The van der Waals surface area contributed by atoms with Crippen LogP contribution in [0, 0.1) is 0 Å². The van der Waals surface area contributed by atoms with E-state index >= 15 is 0 Å². The molecule has 0 radical (unpaired) electrons. The normalized spacial score (nSPS) is 13.5. The summed E-state index contributed by atoms with van der Waals surface area (Å²) in [6.45, 7) is 2.50. The monoisotopic (exact) mass is 449 g/mol. The van der Waals surface area contributed by atoms with Crippen LogP contribution in [0.4, 0.5) is 0 Å². The zero-order valence-electron chi connectivity index (χ0n) is 16.9. The Morgan fingerprint density at radius 3 is 2.87 bits per heavy atom. The summed E-state index contributed by atoms with van der Waals surface area (Å²) in [6.07, 6.45) is 6.07. The number of aromatic nitrogens is 4. The molecule has 1 N–H and O–H groups in total. The first-order valence-corrected chi connectivity index (χ1v) is 11.4. The van der Waals surface area contributed by atoms with Gasteiger partial charge in [0.2, 0.25) is 0 Å². The minimum atomic E-state index is -0.0793. The van der Waals surface area contributed by atoms with Gasteiger partial charge in [-0.25, -0.2) is 9.97 Å². The van der Waals surface area contributed by atoms with Crippen LogP contribution in [0.1, 0.15) is 36.2 Å². The van der Waals surface area contributed by atoms with Crippen molar-refractivity contribution >= 4 is 40.2 Å². The van der Waals surface area contributed by atoms with Crippen molar-refractivity contribution in [2.75, 3.05) is 6.54 Å². The number of halogens is 1. The molecule has 0 aliphatic heterocycles. The molecule has 8 heteroatoms. The maximum absolute atomic E-state index is 12.1. The molecule has 5 rings (SSSR count). The predicted octanol–water partition coefficient (Wildman–Crippen LogP) is 5.38. The van der Waals surface area contributed by atoms with Crippen molar-refractivity contribution in [2.24, 2.45) is 0 Å². The van der Waals surface area contributed by atoms with Crippen molar-refractivity contribution in [1.29, 1.82) is 0 Å². The van der Waals surface area contributed by atoms with Gasteiger partial charge in [-0.1, -0.05) is 29.4 Å². The van der Waals surface area contributed by atoms with Crippen molar-refractivity contribution in [3.63, 3.8) is 0 Å². The Hall–Kier alpha value is -2.90. The van der Waals surface area contributed by atoms with E-state index in [2.05, 4.69) is 16.5 Å². The maximum Gasteiger partial charge on any atom is 0.251 e. The summed E-state index contributed by atoms with van der Waals surface area (Å²) in [5.74, 6) is -0.0793. The van der Waals surface area contributed by atoms with Crippen molar-refractivity contribution in [3.8, 4) is 11.4 Å². The highest BCUT2D eigenvalue weighted by Gasteiger charge is 2.27. The predicted molar refractivity (Wildman–Crippen MR) is 123 cm³/mol. The summed E-state index contributed by atoms with van der Waals surface area (Å²) < 4.78 is 2.03. The molecule has 31 heavy (non-hydrogen) atoms. The van der Waals surface area contributed by atoms with Crippen molar-refractivity contribution in [2.45, 2.75) is 35.7 Å². The van der Waals surface area contributed by atoms with E-state index in [1.54, 1.807) is 18.3 Å². The summed E-state index contributed by atoms with van der Waals surface area (Å²) in [6, 6.07) is 13.6. The van der Waals surface area contributed by atoms with Gasteiger partial charge in [-0.2, -0.15) is 5.10 Å². The average Bonchev–Trinajstić information content (AvgIpc) is 3.54. The number of nitrogens with one attached hydrogen (secondary N) is 1. The highest BCUT2D eigenvalue weighted by atomic mass is 35.5. The fourth-order valence-electron chi connectivity index (χ4n) is 3.37. The Bertz CT molecular complexity index is 1280. The highest BCUT2D eigenvalue weighted by Crippen LogP contribution is 2.40. The molecular formula is C23H20ClN5OS. The third kappa shape index (κ3) is 4.29. The lowest BCUT2D eigenvalue weighted by atomic mass is 10.1. The number of pyridine rings is 2. The molecule has 1 aliphatic rings. The fraction of sp³-hybridized carbons (Fsp3) is 0.217. The van der Waals surface area contributed by atoms with Gasteiger partial charge in [-0.05, 0) is 56.2 Å². The molecule has 156 valence electrons. The van der Waals surface area contributed by atoms with E-state index < -0.39 is 0 Å². The number of amides is 1. The molecular weight excluding hydrogens is 430 g/mol. The molecule has 4 aromatic rings. The smallest absolute Gasteiger partial charge is 0.251 e. The third-order valence-electron chi connectivity index (χ3n) is 5.06. The van der Waals surface area contributed by atoms with Crippen LogP contribution in [0.5, 0.6) is 0 Å².